The van der Waals surface area contributed by atoms with Crippen LogP contribution in [0.15, 0.2) is 36.9 Å². The third-order valence-electron chi connectivity index (χ3n) is 4.66. The highest BCUT2D eigenvalue weighted by molar-refractivity contribution is 6.09. The fourth-order valence-electron chi connectivity index (χ4n) is 3.12. The molecule has 0 spiro atoms. The van der Waals surface area contributed by atoms with Crippen LogP contribution in [0.2, 0.25) is 0 Å². The quantitative estimate of drug-likeness (QED) is 0.420. The Morgan fingerprint density at radius 2 is 1.93 bits per heavy atom. The van der Waals surface area contributed by atoms with Gasteiger partial charge in [0.1, 0.15) is 24.1 Å². The maximum atomic E-state index is 12.6. The predicted molar refractivity (Wildman–Crippen MR) is 98.0 cm³/mol. The zero-order chi connectivity index (χ0) is 20.7. The van der Waals surface area contributed by atoms with Gasteiger partial charge in [-0.1, -0.05) is 0 Å². The Morgan fingerprint density at radius 1 is 1.21 bits per heavy atom. The highest BCUT2D eigenvalue weighted by Gasteiger charge is 2.42. The molecule has 3 N–H and O–H groups in total. The lowest BCUT2D eigenvalue weighted by molar-refractivity contribution is -0.384. The monoisotopic (exact) mass is 400 g/mol. The van der Waals surface area contributed by atoms with Gasteiger partial charge in [0.2, 0.25) is 0 Å². The first-order chi connectivity index (χ1) is 13.9. The number of ether oxygens (including phenoxy) is 1. The molecule has 1 saturated heterocycles. The van der Waals surface area contributed by atoms with E-state index >= 15 is 0 Å². The van der Waals surface area contributed by atoms with Crippen LogP contribution >= 0.6 is 0 Å². The second-order valence-electron chi connectivity index (χ2n) is 6.52. The van der Waals surface area contributed by atoms with Gasteiger partial charge in [-0.05, 0) is 19.1 Å². The number of carbonyl (C=O) groups is 1. The largest absolute Gasteiger partial charge is 0.388 e. The topological polar surface area (TPSA) is 166 Å². The normalized spacial score (nSPS) is 24.0. The third kappa shape index (κ3) is 3.29. The average molecular weight is 400 g/mol. The van der Waals surface area contributed by atoms with Crippen molar-refractivity contribution in [3.63, 3.8) is 0 Å². The standard InChI is InChI=1S/C17H16N6O6/c1-8-13(24)14(25)17(29-8)22-7-20-11-12(18-6-19-15(11)22)16(26)21-9-2-4-10(5-3-9)23(27)28/h2-8,13-14,17,24-25H,1H3,(H,21,26)/t8-,13-,14-,17-/m1/s1. The number of amides is 1. The summed E-state index contributed by atoms with van der Waals surface area (Å²) in [6, 6.07) is 5.34. The first kappa shape index (κ1) is 18.9. The van der Waals surface area contributed by atoms with Crippen LogP contribution in [0.3, 0.4) is 0 Å². The molecule has 1 amide bonds. The van der Waals surface area contributed by atoms with Crippen LogP contribution in [-0.4, -0.2) is 58.9 Å². The van der Waals surface area contributed by atoms with Crippen molar-refractivity contribution in [3.8, 4) is 0 Å². The minimum atomic E-state index is -1.19. The Labute approximate surface area is 162 Å². The van der Waals surface area contributed by atoms with Crippen LogP contribution in [-0.2, 0) is 4.74 Å². The Morgan fingerprint density at radius 3 is 2.55 bits per heavy atom. The highest BCUT2D eigenvalue weighted by Crippen LogP contribution is 2.31. The van der Waals surface area contributed by atoms with E-state index in [-0.39, 0.29) is 22.5 Å². The fourth-order valence-corrected chi connectivity index (χ4v) is 3.12. The Bertz CT molecular complexity index is 1080. The number of rotatable bonds is 4. The number of carbonyl (C=O) groups excluding carboxylic acids is 1. The molecule has 2 aromatic heterocycles. The van der Waals surface area contributed by atoms with Gasteiger partial charge in [0.25, 0.3) is 11.6 Å². The maximum absolute atomic E-state index is 12.6. The van der Waals surface area contributed by atoms with E-state index in [1.165, 1.54) is 41.5 Å². The smallest absolute Gasteiger partial charge is 0.276 e. The first-order valence-electron chi connectivity index (χ1n) is 8.61. The fraction of sp³-hybridized carbons (Fsp3) is 0.294. The van der Waals surface area contributed by atoms with Gasteiger partial charge in [-0.15, -0.1) is 0 Å². The number of hydrogen-bond acceptors (Lipinski definition) is 9. The van der Waals surface area contributed by atoms with Crippen LogP contribution in [0.25, 0.3) is 11.2 Å². The van der Waals surface area contributed by atoms with Crippen LogP contribution in [0.1, 0.15) is 23.6 Å². The van der Waals surface area contributed by atoms with E-state index < -0.39 is 35.4 Å². The van der Waals surface area contributed by atoms with Crippen molar-refractivity contribution in [2.75, 3.05) is 5.32 Å². The van der Waals surface area contributed by atoms with Crippen molar-refractivity contribution in [3.05, 3.63) is 52.7 Å². The number of aromatic nitrogens is 4. The number of aliphatic hydroxyl groups is 2. The predicted octanol–water partition coefficient (Wildman–Crippen LogP) is 0.626. The molecule has 1 fully saturated rings. The molecule has 1 aromatic carbocycles. The summed E-state index contributed by atoms with van der Waals surface area (Å²) in [6.07, 6.45) is -1.23. The number of nitro benzene ring substituents is 1. The van der Waals surface area contributed by atoms with E-state index in [1.54, 1.807) is 6.92 Å². The second kappa shape index (κ2) is 7.16. The van der Waals surface area contributed by atoms with Crippen molar-refractivity contribution in [1.29, 1.82) is 0 Å². The molecule has 3 heterocycles. The molecular weight excluding hydrogens is 384 g/mol. The molecule has 4 rings (SSSR count). The summed E-state index contributed by atoms with van der Waals surface area (Å²) in [5, 5.41) is 33.4. The number of nitrogens with one attached hydrogen (secondary N) is 1. The van der Waals surface area contributed by atoms with Crippen molar-refractivity contribution in [2.45, 2.75) is 31.5 Å². The van der Waals surface area contributed by atoms with Crippen LogP contribution in [0, 0.1) is 10.1 Å². The number of non-ortho nitro benzene ring substituents is 1. The number of benzene rings is 1. The molecule has 0 radical (unpaired) electrons. The molecule has 0 unspecified atom stereocenters. The summed E-state index contributed by atoms with van der Waals surface area (Å²) in [6.45, 7) is 1.63. The van der Waals surface area contributed by atoms with Crippen molar-refractivity contribution in [1.82, 2.24) is 19.5 Å². The van der Waals surface area contributed by atoms with E-state index in [9.17, 15) is 25.1 Å². The zero-order valence-electron chi connectivity index (χ0n) is 15.0. The summed E-state index contributed by atoms with van der Waals surface area (Å²) in [7, 11) is 0. The summed E-state index contributed by atoms with van der Waals surface area (Å²) in [5.41, 5.74) is 0.653. The second-order valence-corrected chi connectivity index (χ2v) is 6.52. The number of nitrogens with zero attached hydrogens (tertiary/aromatic N) is 5. The van der Waals surface area contributed by atoms with E-state index in [1.807, 2.05) is 0 Å². The average Bonchev–Trinajstić information content (AvgIpc) is 3.24. The van der Waals surface area contributed by atoms with E-state index in [0.29, 0.717) is 5.69 Å². The van der Waals surface area contributed by atoms with Gasteiger partial charge in [0.15, 0.2) is 17.6 Å². The van der Waals surface area contributed by atoms with Crippen molar-refractivity contribution in [2.24, 2.45) is 0 Å². The van der Waals surface area contributed by atoms with Crippen LogP contribution < -0.4 is 5.32 Å². The molecule has 0 saturated carbocycles. The minimum absolute atomic E-state index is 0.0202. The van der Waals surface area contributed by atoms with Gasteiger partial charge < -0.3 is 20.3 Å². The summed E-state index contributed by atoms with van der Waals surface area (Å²) < 4.78 is 7.00. The van der Waals surface area contributed by atoms with E-state index in [0.717, 1.165) is 0 Å². The summed E-state index contributed by atoms with van der Waals surface area (Å²) in [4.78, 5) is 35.1. The number of hydrogen-bond donors (Lipinski definition) is 3. The molecule has 3 aromatic rings. The van der Waals surface area contributed by atoms with Crippen molar-refractivity contribution >= 4 is 28.4 Å². The number of fused-ring (bicyclic) bond motifs is 1. The van der Waals surface area contributed by atoms with Crippen LogP contribution in [0.5, 0.6) is 0 Å². The lowest BCUT2D eigenvalue weighted by atomic mass is 10.1. The number of anilines is 1. The molecule has 0 bridgehead atoms. The molecule has 12 heteroatoms. The van der Waals surface area contributed by atoms with Crippen molar-refractivity contribution < 1.29 is 24.7 Å². The van der Waals surface area contributed by atoms with Gasteiger partial charge in [0.05, 0.1) is 17.4 Å². The molecule has 0 aliphatic carbocycles. The molecule has 1 aliphatic heterocycles. The van der Waals surface area contributed by atoms with Gasteiger partial charge in [-0.2, -0.15) is 0 Å². The van der Waals surface area contributed by atoms with Gasteiger partial charge in [-0.3, -0.25) is 19.5 Å². The maximum Gasteiger partial charge on any atom is 0.276 e. The Hall–Kier alpha value is -3.48. The minimum Gasteiger partial charge on any atom is -0.388 e. The molecular formula is C17H16N6O6. The lowest BCUT2D eigenvalue weighted by Crippen LogP contribution is -2.30. The molecule has 29 heavy (non-hydrogen) atoms. The lowest BCUT2D eigenvalue weighted by Gasteiger charge is -2.16. The van der Waals surface area contributed by atoms with E-state index in [4.69, 9.17) is 4.74 Å². The summed E-state index contributed by atoms with van der Waals surface area (Å²) >= 11 is 0. The Kier molecular flexibility index (Phi) is 4.66. The third-order valence-corrected chi connectivity index (χ3v) is 4.66. The number of imidazole rings is 1. The number of aliphatic hydroxyl groups excluding tert-OH is 2. The van der Waals surface area contributed by atoms with Gasteiger partial charge in [0, 0.05) is 17.8 Å². The SMILES string of the molecule is C[C@H]1O[C@@H](n2cnc3c(C(=O)Nc4ccc([N+](=O)[O-])cc4)ncnc32)[C@H](O)[C@@H]1O. The highest BCUT2D eigenvalue weighted by atomic mass is 16.6. The van der Waals surface area contributed by atoms with E-state index in [2.05, 4.69) is 20.3 Å². The molecule has 12 nitrogen and oxygen atoms in total. The van der Waals surface area contributed by atoms with Gasteiger partial charge >= 0.3 is 0 Å². The first-order valence-corrected chi connectivity index (χ1v) is 8.61. The molecule has 4 atom stereocenters. The molecule has 150 valence electrons. The van der Waals surface area contributed by atoms with Gasteiger partial charge in [-0.25, -0.2) is 15.0 Å². The molecule has 1 aliphatic rings. The Balaban J connectivity index is 1.62. The summed E-state index contributed by atoms with van der Waals surface area (Å²) in [5.74, 6) is -0.585. The van der Waals surface area contributed by atoms with Crippen LogP contribution in [0.4, 0.5) is 11.4 Å². The number of nitro groups is 1. The zero-order valence-corrected chi connectivity index (χ0v) is 15.0.